The zero-order valence-corrected chi connectivity index (χ0v) is 16.6. The molecular weight excluding hydrogens is 366 g/mol. The molecule has 2 aliphatic rings. The van der Waals surface area contributed by atoms with Gasteiger partial charge in [-0.1, -0.05) is 17.3 Å². The number of hydrogen-bond donors (Lipinski definition) is 1. The third-order valence-electron chi connectivity index (χ3n) is 5.56. The Labute approximate surface area is 165 Å². The number of halogens is 1. The van der Waals surface area contributed by atoms with Crippen LogP contribution in [0, 0.1) is 13.8 Å². The van der Waals surface area contributed by atoms with Crippen LogP contribution in [0.5, 0.6) is 5.75 Å². The first-order chi connectivity index (χ1) is 12.6. The first-order valence-electron chi connectivity index (χ1n) is 9.32. The van der Waals surface area contributed by atoms with E-state index in [1.807, 2.05) is 38.1 Å². The van der Waals surface area contributed by atoms with Gasteiger partial charge < -0.3 is 19.5 Å². The second-order valence-electron chi connectivity index (χ2n) is 7.18. The number of benzene rings is 1. The number of amides is 1. The number of nitrogens with zero attached hydrogens (tertiary/aromatic N) is 2. The molecule has 2 atom stereocenters. The molecule has 6 nitrogen and oxygen atoms in total. The van der Waals surface area contributed by atoms with Gasteiger partial charge in [0, 0.05) is 18.6 Å². The number of hydrogen-bond acceptors (Lipinski definition) is 5. The van der Waals surface area contributed by atoms with Gasteiger partial charge in [-0.3, -0.25) is 4.79 Å². The first-order valence-corrected chi connectivity index (χ1v) is 9.32. The average molecular weight is 392 g/mol. The predicted molar refractivity (Wildman–Crippen MR) is 104 cm³/mol. The van der Waals surface area contributed by atoms with Crippen LogP contribution < -0.4 is 10.1 Å². The Bertz CT molecular complexity index is 774. The lowest BCUT2D eigenvalue weighted by Crippen LogP contribution is -2.42. The van der Waals surface area contributed by atoms with Crippen molar-refractivity contribution in [2.24, 2.45) is 0 Å². The standard InChI is InChI=1S/C20H25N3O3.ClH/c1-13-18(14(2)26-22-13)12-25-19-6-4-3-5-17(19)20(24)23-15-7-8-16(23)11-21-10-9-15;/h3-6,15-16,21H,7-12H2,1-2H3;1H. The molecule has 1 N–H and O–H groups in total. The van der Waals surface area contributed by atoms with E-state index in [-0.39, 0.29) is 24.4 Å². The Morgan fingerprint density at radius 2 is 2.04 bits per heavy atom. The summed E-state index contributed by atoms with van der Waals surface area (Å²) in [5.74, 6) is 1.45. The number of aromatic nitrogens is 1. The second-order valence-corrected chi connectivity index (χ2v) is 7.18. The number of para-hydroxylation sites is 1. The minimum Gasteiger partial charge on any atom is -0.488 e. The molecule has 3 heterocycles. The normalized spacial score (nSPS) is 21.5. The van der Waals surface area contributed by atoms with Gasteiger partial charge in [-0.15, -0.1) is 12.4 Å². The van der Waals surface area contributed by atoms with Crippen molar-refractivity contribution in [2.45, 2.75) is 51.8 Å². The number of rotatable bonds is 4. The van der Waals surface area contributed by atoms with Crippen molar-refractivity contribution in [2.75, 3.05) is 13.1 Å². The minimum atomic E-state index is 0. The average Bonchev–Trinajstić information content (AvgIpc) is 3.10. The number of carbonyl (C=O) groups is 1. The molecule has 0 aliphatic carbocycles. The van der Waals surface area contributed by atoms with Crippen LogP contribution in [-0.4, -0.2) is 41.1 Å². The summed E-state index contributed by atoms with van der Waals surface area (Å²) in [5.41, 5.74) is 2.40. The van der Waals surface area contributed by atoms with Crippen molar-refractivity contribution in [1.82, 2.24) is 15.4 Å². The first kappa shape index (κ1) is 19.7. The van der Waals surface area contributed by atoms with E-state index in [4.69, 9.17) is 9.26 Å². The SMILES string of the molecule is Cc1noc(C)c1COc1ccccc1C(=O)N1C2CCNCC1CC2.Cl. The molecule has 2 aliphatic heterocycles. The molecule has 27 heavy (non-hydrogen) atoms. The van der Waals surface area contributed by atoms with Crippen LogP contribution in [0.25, 0.3) is 0 Å². The molecule has 2 saturated heterocycles. The molecule has 0 radical (unpaired) electrons. The van der Waals surface area contributed by atoms with E-state index >= 15 is 0 Å². The zero-order chi connectivity index (χ0) is 18.1. The molecular formula is C20H26ClN3O3. The molecule has 0 saturated carbocycles. The van der Waals surface area contributed by atoms with Crippen LogP contribution in [0.4, 0.5) is 0 Å². The van der Waals surface area contributed by atoms with Crippen molar-refractivity contribution >= 4 is 18.3 Å². The van der Waals surface area contributed by atoms with Crippen molar-refractivity contribution < 1.29 is 14.1 Å². The third-order valence-corrected chi connectivity index (χ3v) is 5.56. The lowest BCUT2D eigenvalue weighted by Gasteiger charge is -2.28. The Morgan fingerprint density at radius 3 is 2.81 bits per heavy atom. The lowest BCUT2D eigenvalue weighted by atomic mass is 10.1. The molecule has 4 rings (SSSR count). The highest BCUT2D eigenvalue weighted by atomic mass is 35.5. The maximum absolute atomic E-state index is 13.3. The van der Waals surface area contributed by atoms with Gasteiger partial charge in [0.05, 0.1) is 16.8 Å². The summed E-state index contributed by atoms with van der Waals surface area (Å²) >= 11 is 0. The van der Waals surface area contributed by atoms with Crippen LogP contribution >= 0.6 is 12.4 Å². The zero-order valence-electron chi connectivity index (χ0n) is 15.7. The van der Waals surface area contributed by atoms with Gasteiger partial charge in [-0.25, -0.2) is 0 Å². The quantitative estimate of drug-likeness (QED) is 0.866. The van der Waals surface area contributed by atoms with Gasteiger partial charge in [-0.05, 0) is 51.8 Å². The Kier molecular flexibility index (Phi) is 6.07. The number of aryl methyl sites for hydroxylation is 2. The fourth-order valence-electron chi connectivity index (χ4n) is 4.08. The largest absolute Gasteiger partial charge is 0.488 e. The van der Waals surface area contributed by atoms with E-state index < -0.39 is 0 Å². The topological polar surface area (TPSA) is 67.6 Å². The number of fused-ring (bicyclic) bond motifs is 2. The van der Waals surface area contributed by atoms with Crippen molar-refractivity contribution in [3.05, 3.63) is 46.8 Å². The molecule has 7 heteroatoms. The van der Waals surface area contributed by atoms with Gasteiger partial charge >= 0.3 is 0 Å². The van der Waals surface area contributed by atoms with E-state index in [0.717, 1.165) is 49.4 Å². The van der Waals surface area contributed by atoms with Crippen LogP contribution in [0.15, 0.2) is 28.8 Å². The Morgan fingerprint density at radius 1 is 1.26 bits per heavy atom. The minimum absolute atomic E-state index is 0. The smallest absolute Gasteiger partial charge is 0.258 e. The maximum atomic E-state index is 13.3. The highest BCUT2D eigenvalue weighted by Crippen LogP contribution is 2.32. The predicted octanol–water partition coefficient (Wildman–Crippen LogP) is 3.26. The van der Waals surface area contributed by atoms with Crippen molar-refractivity contribution in [3.63, 3.8) is 0 Å². The van der Waals surface area contributed by atoms with Gasteiger partial charge in [0.25, 0.3) is 5.91 Å². The van der Waals surface area contributed by atoms with E-state index in [0.29, 0.717) is 24.0 Å². The van der Waals surface area contributed by atoms with Crippen LogP contribution in [0.3, 0.4) is 0 Å². The molecule has 2 fully saturated rings. The number of carbonyl (C=O) groups excluding carboxylic acids is 1. The molecule has 146 valence electrons. The highest BCUT2D eigenvalue weighted by Gasteiger charge is 2.39. The summed E-state index contributed by atoms with van der Waals surface area (Å²) in [7, 11) is 0. The summed E-state index contributed by atoms with van der Waals surface area (Å²) in [4.78, 5) is 15.4. The molecule has 1 aromatic carbocycles. The van der Waals surface area contributed by atoms with E-state index in [1.165, 1.54) is 0 Å². The molecule has 2 bridgehead atoms. The summed E-state index contributed by atoms with van der Waals surface area (Å²) in [6.07, 6.45) is 3.19. The Balaban J connectivity index is 0.00000210. The maximum Gasteiger partial charge on any atom is 0.258 e. The lowest BCUT2D eigenvalue weighted by molar-refractivity contribution is 0.0675. The van der Waals surface area contributed by atoms with E-state index in [2.05, 4.69) is 15.4 Å². The number of ether oxygens (including phenoxy) is 1. The van der Waals surface area contributed by atoms with Gasteiger partial charge in [0.1, 0.15) is 18.1 Å². The van der Waals surface area contributed by atoms with Crippen molar-refractivity contribution in [3.8, 4) is 5.75 Å². The molecule has 1 aromatic heterocycles. The monoisotopic (exact) mass is 391 g/mol. The third kappa shape index (κ3) is 3.82. The molecule has 2 unspecified atom stereocenters. The number of nitrogens with one attached hydrogen (secondary N) is 1. The van der Waals surface area contributed by atoms with Gasteiger partial charge in [-0.2, -0.15) is 0 Å². The van der Waals surface area contributed by atoms with Crippen LogP contribution in [0.2, 0.25) is 0 Å². The molecule has 1 amide bonds. The van der Waals surface area contributed by atoms with Gasteiger partial charge in [0.2, 0.25) is 0 Å². The van der Waals surface area contributed by atoms with Crippen LogP contribution in [0.1, 0.15) is 46.6 Å². The summed E-state index contributed by atoms with van der Waals surface area (Å²) in [5, 5.41) is 7.40. The Hall–Kier alpha value is -2.05. The van der Waals surface area contributed by atoms with Crippen LogP contribution in [-0.2, 0) is 6.61 Å². The van der Waals surface area contributed by atoms with Crippen molar-refractivity contribution in [1.29, 1.82) is 0 Å². The highest BCUT2D eigenvalue weighted by molar-refractivity contribution is 5.97. The summed E-state index contributed by atoms with van der Waals surface area (Å²) in [6.45, 7) is 5.98. The van der Waals surface area contributed by atoms with E-state index in [9.17, 15) is 4.79 Å². The summed E-state index contributed by atoms with van der Waals surface area (Å²) < 4.78 is 11.2. The molecule has 0 spiro atoms. The second kappa shape index (κ2) is 8.31. The fraction of sp³-hybridized carbons (Fsp3) is 0.500. The summed E-state index contributed by atoms with van der Waals surface area (Å²) in [6, 6.07) is 8.14. The van der Waals surface area contributed by atoms with Gasteiger partial charge in [0.15, 0.2) is 0 Å². The molecule has 2 aromatic rings. The van der Waals surface area contributed by atoms with E-state index in [1.54, 1.807) is 0 Å². The fourth-order valence-corrected chi connectivity index (χ4v) is 4.08.